The Hall–Kier alpha value is -1.58. The molecule has 0 saturated heterocycles. The minimum atomic E-state index is -0.481. The Bertz CT molecular complexity index is 402. The molecule has 1 aliphatic rings. The van der Waals surface area contributed by atoms with Gasteiger partial charge >= 0.3 is 6.09 Å². The number of nitrogens with zero attached hydrogens (tertiary/aromatic N) is 1. The van der Waals surface area contributed by atoms with Gasteiger partial charge in [-0.2, -0.15) is 0 Å². The van der Waals surface area contributed by atoms with Gasteiger partial charge in [-0.3, -0.25) is 10.3 Å². The van der Waals surface area contributed by atoms with E-state index in [1.807, 2.05) is 32.9 Å². The molecule has 0 aliphatic heterocycles. The van der Waals surface area contributed by atoms with Gasteiger partial charge in [0.2, 0.25) is 0 Å². The Kier molecular flexibility index (Phi) is 3.05. The lowest BCUT2D eigenvalue weighted by Crippen LogP contribution is -2.27. The highest BCUT2D eigenvalue weighted by molar-refractivity contribution is 5.84. The fraction of sp³-hybridized carbons (Fsp3) is 0.538. The molecule has 1 amide bonds. The maximum absolute atomic E-state index is 11.5. The molecule has 0 radical (unpaired) electrons. The van der Waals surface area contributed by atoms with Crippen LogP contribution in [0.4, 0.5) is 10.5 Å². The zero-order chi connectivity index (χ0) is 12.5. The van der Waals surface area contributed by atoms with E-state index >= 15 is 0 Å². The molecule has 0 aromatic carbocycles. The van der Waals surface area contributed by atoms with Crippen molar-refractivity contribution in [2.75, 3.05) is 5.32 Å². The quantitative estimate of drug-likeness (QED) is 0.854. The normalized spacial score (nSPS) is 15.5. The molecule has 1 aliphatic carbocycles. The smallest absolute Gasteiger partial charge is 0.412 e. The Morgan fingerprint density at radius 3 is 2.59 bits per heavy atom. The second-order valence-corrected chi connectivity index (χ2v) is 5.37. The second-order valence-electron chi connectivity index (χ2n) is 5.37. The van der Waals surface area contributed by atoms with Crippen molar-refractivity contribution < 1.29 is 9.53 Å². The summed E-state index contributed by atoms with van der Waals surface area (Å²) in [4.78, 5) is 15.8. The Labute approximate surface area is 101 Å². The van der Waals surface area contributed by atoms with E-state index in [-0.39, 0.29) is 0 Å². The number of amides is 1. The van der Waals surface area contributed by atoms with Gasteiger partial charge in [-0.15, -0.1) is 0 Å². The molecule has 1 fully saturated rings. The van der Waals surface area contributed by atoms with E-state index in [0.717, 1.165) is 5.69 Å². The molecule has 4 nitrogen and oxygen atoms in total. The van der Waals surface area contributed by atoms with Crippen molar-refractivity contribution in [2.45, 2.75) is 45.1 Å². The maximum atomic E-state index is 11.5. The standard InChI is InChI=1S/C13H18N2O2/c1-13(2,3)17-12(16)15-10-6-7-11(14-8-10)9-4-5-9/h6-9H,4-5H2,1-3H3,(H,15,16). The Morgan fingerprint density at radius 2 is 2.12 bits per heavy atom. The van der Waals surface area contributed by atoms with E-state index in [9.17, 15) is 4.79 Å². The molecule has 0 spiro atoms. The van der Waals surface area contributed by atoms with Crippen LogP contribution in [0, 0.1) is 0 Å². The number of nitrogens with one attached hydrogen (secondary N) is 1. The number of anilines is 1. The van der Waals surface area contributed by atoms with Crippen molar-refractivity contribution in [1.29, 1.82) is 0 Å². The zero-order valence-corrected chi connectivity index (χ0v) is 10.5. The van der Waals surface area contributed by atoms with Gasteiger partial charge < -0.3 is 4.74 Å². The highest BCUT2D eigenvalue weighted by Crippen LogP contribution is 2.38. The topological polar surface area (TPSA) is 51.2 Å². The molecule has 2 rings (SSSR count). The Morgan fingerprint density at radius 1 is 1.41 bits per heavy atom. The van der Waals surface area contributed by atoms with Gasteiger partial charge in [-0.1, -0.05) is 0 Å². The molecule has 0 unspecified atom stereocenters. The summed E-state index contributed by atoms with van der Waals surface area (Å²) in [5.74, 6) is 0.630. The fourth-order valence-electron chi connectivity index (χ4n) is 1.52. The van der Waals surface area contributed by atoms with Crippen LogP contribution in [0.15, 0.2) is 18.3 Å². The SMILES string of the molecule is CC(C)(C)OC(=O)Nc1ccc(C2CC2)nc1. The third-order valence-electron chi connectivity index (χ3n) is 2.43. The molecule has 0 atom stereocenters. The van der Waals surface area contributed by atoms with Crippen LogP contribution in [0.25, 0.3) is 0 Å². The van der Waals surface area contributed by atoms with E-state index < -0.39 is 11.7 Å². The number of hydrogen-bond acceptors (Lipinski definition) is 3. The highest BCUT2D eigenvalue weighted by atomic mass is 16.6. The number of carbonyl (C=O) groups excluding carboxylic acids is 1. The molecular formula is C13H18N2O2. The van der Waals surface area contributed by atoms with Crippen molar-refractivity contribution in [3.8, 4) is 0 Å². The van der Waals surface area contributed by atoms with Gasteiger partial charge in [0.15, 0.2) is 0 Å². The molecule has 0 bridgehead atoms. The van der Waals surface area contributed by atoms with E-state index in [1.165, 1.54) is 12.8 Å². The number of pyridine rings is 1. The molecular weight excluding hydrogens is 216 g/mol. The lowest BCUT2D eigenvalue weighted by molar-refractivity contribution is 0.0636. The van der Waals surface area contributed by atoms with Gasteiger partial charge in [0.1, 0.15) is 5.60 Å². The average Bonchev–Trinajstić information content (AvgIpc) is 2.99. The minimum absolute atomic E-state index is 0.446. The zero-order valence-electron chi connectivity index (χ0n) is 10.5. The van der Waals surface area contributed by atoms with Crippen LogP contribution >= 0.6 is 0 Å². The summed E-state index contributed by atoms with van der Waals surface area (Å²) >= 11 is 0. The predicted octanol–water partition coefficient (Wildman–Crippen LogP) is 3.31. The van der Waals surface area contributed by atoms with Crippen LogP contribution in [-0.2, 0) is 4.74 Å². The van der Waals surface area contributed by atoms with Gasteiger partial charge in [-0.25, -0.2) is 4.79 Å². The summed E-state index contributed by atoms with van der Waals surface area (Å²) in [7, 11) is 0. The largest absolute Gasteiger partial charge is 0.444 e. The third-order valence-corrected chi connectivity index (χ3v) is 2.43. The Balaban J connectivity index is 1.92. The molecule has 17 heavy (non-hydrogen) atoms. The van der Waals surface area contributed by atoms with E-state index in [1.54, 1.807) is 6.20 Å². The van der Waals surface area contributed by atoms with Gasteiger partial charge in [0.25, 0.3) is 0 Å². The summed E-state index contributed by atoms with van der Waals surface area (Å²) in [5.41, 5.74) is 1.30. The second kappa shape index (κ2) is 4.35. The average molecular weight is 234 g/mol. The van der Waals surface area contributed by atoms with Crippen molar-refractivity contribution >= 4 is 11.8 Å². The summed E-state index contributed by atoms with van der Waals surface area (Å²) in [6.45, 7) is 5.50. The lowest BCUT2D eigenvalue weighted by Gasteiger charge is -2.19. The first-order valence-electron chi connectivity index (χ1n) is 5.90. The van der Waals surface area contributed by atoms with Crippen molar-refractivity contribution in [3.05, 3.63) is 24.0 Å². The van der Waals surface area contributed by atoms with Gasteiger partial charge in [0, 0.05) is 11.6 Å². The van der Waals surface area contributed by atoms with Gasteiger partial charge in [0.05, 0.1) is 11.9 Å². The molecule has 1 N–H and O–H groups in total. The van der Waals surface area contributed by atoms with Crippen molar-refractivity contribution in [3.63, 3.8) is 0 Å². The first kappa shape index (κ1) is 11.9. The van der Waals surface area contributed by atoms with Crippen LogP contribution in [0.2, 0.25) is 0 Å². The highest BCUT2D eigenvalue weighted by Gasteiger charge is 2.24. The molecule has 1 heterocycles. The summed E-state index contributed by atoms with van der Waals surface area (Å²) in [6, 6.07) is 3.83. The number of ether oxygens (including phenoxy) is 1. The number of aromatic nitrogens is 1. The van der Waals surface area contributed by atoms with Crippen LogP contribution in [-0.4, -0.2) is 16.7 Å². The first-order valence-corrected chi connectivity index (χ1v) is 5.90. The van der Waals surface area contributed by atoms with Crippen molar-refractivity contribution in [2.24, 2.45) is 0 Å². The van der Waals surface area contributed by atoms with Crippen LogP contribution in [0.5, 0.6) is 0 Å². The van der Waals surface area contributed by atoms with Crippen LogP contribution in [0.1, 0.15) is 45.2 Å². The minimum Gasteiger partial charge on any atom is -0.444 e. The van der Waals surface area contributed by atoms with E-state index in [0.29, 0.717) is 11.6 Å². The van der Waals surface area contributed by atoms with Crippen LogP contribution in [0.3, 0.4) is 0 Å². The van der Waals surface area contributed by atoms with E-state index in [4.69, 9.17) is 4.74 Å². The summed E-state index contributed by atoms with van der Waals surface area (Å²) in [5, 5.41) is 2.66. The summed E-state index contributed by atoms with van der Waals surface area (Å²) in [6.07, 6.45) is 3.69. The predicted molar refractivity (Wildman–Crippen MR) is 66.1 cm³/mol. The summed E-state index contributed by atoms with van der Waals surface area (Å²) < 4.78 is 5.15. The maximum Gasteiger partial charge on any atom is 0.412 e. The molecule has 1 aromatic heterocycles. The molecule has 4 heteroatoms. The van der Waals surface area contributed by atoms with Crippen molar-refractivity contribution in [1.82, 2.24) is 4.98 Å². The molecule has 1 saturated carbocycles. The van der Waals surface area contributed by atoms with E-state index in [2.05, 4.69) is 10.3 Å². The third kappa shape index (κ3) is 3.73. The monoisotopic (exact) mass is 234 g/mol. The lowest BCUT2D eigenvalue weighted by atomic mass is 10.2. The number of rotatable bonds is 2. The molecule has 92 valence electrons. The fourth-order valence-corrected chi connectivity index (χ4v) is 1.52. The van der Waals surface area contributed by atoms with Gasteiger partial charge in [-0.05, 0) is 45.7 Å². The van der Waals surface area contributed by atoms with Crippen LogP contribution < -0.4 is 5.32 Å². The number of hydrogen-bond donors (Lipinski definition) is 1. The molecule has 1 aromatic rings. The first-order chi connectivity index (χ1) is 7.94. The number of carbonyl (C=O) groups is 1.